The van der Waals surface area contributed by atoms with Gasteiger partial charge in [0.2, 0.25) is 5.91 Å². The summed E-state index contributed by atoms with van der Waals surface area (Å²) in [5, 5.41) is 16.7. The molecule has 1 amide bonds. The summed E-state index contributed by atoms with van der Waals surface area (Å²) in [5.41, 5.74) is 1.60. The number of hydrogen-bond donors (Lipinski definition) is 2. The number of nitro groups is 1. The molecule has 0 fully saturated rings. The molecule has 0 heterocycles. The number of allylic oxidation sites excluding steroid dienone is 1. The van der Waals surface area contributed by atoms with E-state index in [1.807, 2.05) is 37.3 Å². The number of amides is 1. The molecule has 0 saturated carbocycles. The van der Waals surface area contributed by atoms with Crippen LogP contribution in [0, 0.1) is 10.1 Å². The Morgan fingerprint density at radius 1 is 1.14 bits per heavy atom. The summed E-state index contributed by atoms with van der Waals surface area (Å²) in [7, 11) is -3.54. The first-order valence-electron chi connectivity index (χ1n) is 8.42. The van der Waals surface area contributed by atoms with Crippen molar-refractivity contribution in [1.82, 2.24) is 5.32 Å². The van der Waals surface area contributed by atoms with Gasteiger partial charge in [-0.2, -0.15) is 0 Å². The zero-order valence-electron chi connectivity index (χ0n) is 15.5. The van der Waals surface area contributed by atoms with Gasteiger partial charge in [0.1, 0.15) is 5.69 Å². The van der Waals surface area contributed by atoms with Crippen LogP contribution < -0.4 is 10.6 Å². The Morgan fingerprint density at radius 3 is 2.43 bits per heavy atom. The maximum atomic E-state index is 12.0. The molecule has 0 aromatic heterocycles. The van der Waals surface area contributed by atoms with Crippen LogP contribution in [-0.4, -0.2) is 38.6 Å². The van der Waals surface area contributed by atoms with E-state index in [-0.39, 0.29) is 35.3 Å². The maximum absolute atomic E-state index is 12.0. The minimum atomic E-state index is -3.54. The lowest BCUT2D eigenvalue weighted by atomic mass is 10.1. The van der Waals surface area contributed by atoms with Crippen molar-refractivity contribution in [2.24, 2.45) is 0 Å². The number of anilines is 1. The lowest BCUT2D eigenvalue weighted by Gasteiger charge is -2.09. The molecule has 2 N–H and O–H groups in total. The molecule has 0 aliphatic heterocycles. The van der Waals surface area contributed by atoms with Gasteiger partial charge in [-0.3, -0.25) is 14.9 Å². The quantitative estimate of drug-likeness (QED) is 0.303. The molecule has 0 unspecified atom stereocenters. The van der Waals surface area contributed by atoms with Crippen LogP contribution in [0.15, 0.2) is 59.5 Å². The number of nitrogens with one attached hydrogen (secondary N) is 2. The molecule has 9 heteroatoms. The van der Waals surface area contributed by atoms with E-state index in [0.29, 0.717) is 0 Å². The molecule has 2 rings (SSSR count). The number of nitrogens with zero attached hydrogens (tertiary/aromatic N) is 1. The highest BCUT2D eigenvalue weighted by molar-refractivity contribution is 7.90. The number of benzene rings is 2. The van der Waals surface area contributed by atoms with Crippen LogP contribution in [0.1, 0.15) is 12.5 Å². The van der Waals surface area contributed by atoms with Gasteiger partial charge in [0.05, 0.1) is 9.82 Å². The van der Waals surface area contributed by atoms with Crippen LogP contribution in [-0.2, 0) is 14.6 Å². The smallest absolute Gasteiger partial charge is 0.293 e. The van der Waals surface area contributed by atoms with E-state index >= 15 is 0 Å². The fraction of sp³-hybridized carbons (Fsp3) is 0.211. The van der Waals surface area contributed by atoms with Crippen molar-refractivity contribution in [2.75, 3.05) is 24.7 Å². The molecule has 0 radical (unpaired) electrons. The van der Waals surface area contributed by atoms with Crippen molar-refractivity contribution in [1.29, 1.82) is 0 Å². The largest absolute Gasteiger partial charge is 0.378 e. The zero-order valence-corrected chi connectivity index (χ0v) is 16.3. The summed E-state index contributed by atoms with van der Waals surface area (Å²) >= 11 is 0. The average Bonchev–Trinajstić information content (AvgIpc) is 2.65. The summed E-state index contributed by atoms with van der Waals surface area (Å²) in [6, 6.07) is 13.1. The molecule has 2 aromatic rings. The molecule has 0 bridgehead atoms. The Morgan fingerprint density at radius 2 is 1.82 bits per heavy atom. The normalized spacial score (nSPS) is 11.7. The maximum Gasteiger partial charge on any atom is 0.293 e. The van der Waals surface area contributed by atoms with Gasteiger partial charge >= 0.3 is 0 Å². The molecule has 2 aromatic carbocycles. The van der Waals surface area contributed by atoms with Crippen molar-refractivity contribution in [3.63, 3.8) is 0 Å². The van der Waals surface area contributed by atoms with Gasteiger partial charge in [-0.25, -0.2) is 8.42 Å². The molecule has 0 atom stereocenters. The van der Waals surface area contributed by atoms with Gasteiger partial charge in [-0.05, 0) is 30.2 Å². The van der Waals surface area contributed by atoms with Crippen molar-refractivity contribution in [2.45, 2.75) is 11.8 Å². The van der Waals surface area contributed by atoms with E-state index in [0.717, 1.165) is 23.5 Å². The fourth-order valence-corrected chi connectivity index (χ4v) is 3.10. The topological polar surface area (TPSA) is 118 Å². The lowest BCUT2D eigenvalue weighted by Crippen LogP contribution is -2.27. The monoisotopic (exact) mass is 403 g/mol. The summed E-state index contributed by atoms with van der Waals surface area (Å²) < 4.78 is 23.1. The number of carbonyl (C=O) groups is 1. The van der Waals surface area contributed by atoms with Crippen molar-refractivity contribution >= 4 is 32.7 Å². The van der Waals surface area contributed by atoms with Crippen LogP contribution in [0.5, 0.6) is 0 Å². The molecular formula is C19H21N3O5S. The van der Waals surface area contributed by atoms with Crippen molar-refractivity contribution < 1.29 is 18.1 Å². The number of sulfone groups is 1. The van der Waals surface area contributed by atoms with Gasteiger partial charge < -0.3 is 10.6 Å². The Kier molecular flexibility index (Phi) is 6.89. The molecule has 0 spiro atoms. The van der Waals surface area contributed by atoms with Gasteiger partial charge in [0.25, 0.3) is 5.69 Å². The second-order valence-electron chi connectivity index (χ2n) is 6.12. The van der Waals surface area contributed by atoms with E-state index in [4.69, 9.17) is 0 Å². The summed E-state index contributed by atoms with van der Waals surface area (Å²) in [6.45, 7) is 2.31. The Balaban J connectivity index is 1.94. The first kappa shape index (κ1) is 21.1. The zero-order chi connectivity index (χ0) is 20.7. The van der Waals surface area contributed by atoms with Crippen LogP contribution in [0.2, 0.25) is 0 Å². The second-order valence-corrected chi connectivity index (χ2v) is 8.14. The predicted octanol–water partition coefficient (Wildman–Crippen LogP) is 2.63. The number of hydrogen-bond acceptors (Lipinski definition) is 6. The van der Waals surface area contributed by atoms with Crippen LogP contribution in [0.25, 0.3) is 5.57 Å². The Labute approximate surface area is 163 Å². The SMILES string of the molecule is CC(=CC(=O)NCCNc1ccc(S(C)(=O)=O)cc1[N+](=O)[O-])c1ccccc1. The summed E-state index contributed by atoms with van der Waals surface area (Å²) in [4.78, 5) is 22.4. The minimum Gasteiger partial charge on any atom is -0.378 e. The predicted molar refractivity (Wildman–Crippen MR) is 108 cm³/mol. The molecule has 0 aliphatic rings. The van der Waals surface area contributed by atoms with Crippen LogP contribution in [0.4, 0.5) is 11.4 Å². The van der Waals surface area contributed by atoms with E-state index in [2.05, 4.69) is 10.6 Å². The molecule has 28 heavy (non-hydrogen) atoms. The number of rotatable bonds is 8. The third-order valence-corrected chi connectivity index (χ3v) is 5.02. The second kappa shape index (κ2) is 9.14. The summed E-state index contributed by atoms with van der Waals surface area (Å²) in [6.07, 6.45) is 2.47. The highest BCUT2D eigenvalue weighted by Gasteiger charge is 2.18. The first-order valence-corrected chi connectivity index (χ1v) is 10.3. The Hall–Kier alpha value is -3.20. The molecule has 148 valence electrons. The third kappa shape index (κ3) is 5.92. The van der Waals surface area contributed by atoms with Gasteiger partial charge in [0.15, 0.2) is 9.84 Å². The van der Waals surface area contributed by atoms with Crippen molar-refractivity contribution in [3.05, 3.63) is 70.3 Å². The van der Waals surface area contributed by atoms with Crippen LogP contribution in [0.3, 0.4) is 0 Å². The standard InChI is InChI=1S/C19H21N3O5S/c1-14(15-6-4-3-5-7-15)12-19(23)21-11-10-20-17-9-8-16(28(2,26)27)13-18(17)22(24)25/h3-9,12-13,20H,10-11H2,1-2H3,(H,21,23). The van der Waals surface area contributed by atoms with Crippen LogP contribution >= 0.6 is 0 Å². The third-order valence-electron chi connectivity index (χ3n) is 3.91. The van der Waals surface area contributed by atoms with E-state index in [1.54, 1.807) is 0 Å². The highest BCUT2D eigenvalue weighted by Crippen LogP contribution is 2.27. The molecular weight excluding hydrogens is 382 g/mol. The molecule has 8 nitrogen and oxygen atoms in total. The van der Waals surface area contributed by atoms with Gasteiger partial charge in [0, 0.05) is 31.5 Å². The van der Waals surface area contributed by atoms with E-state index in [9.17, 15) is 23.3 Å². The first-order chi connectivity index (χ1) is 13.2. The van der Waals surface area contributed by atoms with E-state index < -0.39 is 14.8 Å². The summed E-state index contributed by atoms with van der Waals surface area (Å²) in [5.74, 6) is -0.273. The number of nitro benzene ring substituents is 1. The minimum absolute atomic E-state index is 0.125. The Bertz CT molecular complexity index is 1000. The highest BCUT2D eigenvalue weighted by atomic mass is 32.2. The average molecular weight is 403 g/mol. The number of carbonyl (C=O) groups excluding carboxylic acids is 1. The van der Waals surface area contributed by atoms with Crippen molar-refractivity contribution in [3.8, 4) is 0 Å². The molecule has 0 saturated heterocycles. The lowest BCUT2D eigenvalue weighted by molar-refractivity contribution is -0.384. The van der Waals surface area contributed by atoms with E-state index in [1.165, 1.54) is 18.2 Å². The molecule has 0 aliphatic carbocycles. The van der Waals surface area contributed by atoms with Gasteiger partial charge in [-0.1, -0.05) is 30.3 Å². The fourth-order valence-electron chi connectivity index (χ4n) is 2.46. The van der Waals surface area contributed by atoms with Gasteiger partial charge in [-0.15, -0.1) is 0 Å².